The van der Waals surface area contributed by atoms with Gasteiger partial charge in [-0.25, -0.2) is 9.59 Å². The zero-order valence-corrected chi connectivity index (χ0v) is 13.6. The molecule has 7 nitrogen and oxygen atoms in total. The van der Waals surface area contributed by atoms with Crippen molar-refractivity contribution in [2.24, 2.45) is 5.16 Å². The van der Waals surface area contributed by atoms with E-state index in [-0.39, 0.29) is 0 Å². The van der Waals surface area contributed by atoms with Crippen molar-refractivity contribution in [2.45, 2.75) is 26.3 Å². The maximum atomic E-state index is 12.0. The van der Waals surface area contributed by atoms with Crippen LogP contribution in [0.1, 0.15) is 20.8 Å². The summed E-state index contributed by atoms with van der Waals surface area (Å²) in [5.74, 6) is 0. The summed E-state index contributed by atoms with van der Waals surface area (Å²) in [6.07, 6.45) is -0.680. The van der Waals surface area contributed by atoms with Crippen LogP contribution in [0.2, 0.25) is 5.02 Å². The summed E-state index contributed by atoms with van der Waals surface area (Å²) in [6.45, 7) is 5.12. The Balaban J connectivity index is 2.64. The summed E-state index contributed by atoms with van der Waals surface area (Å²) in [6, 6.07) is 6.30. The molecule has 0 aromatic heterocycles. The number of halogens is 1. The average Bonchev–Trinajstić information content (AvgIpc) is 2.46. The van der Waals surface area contributed by atoms with Crippen molar-refractivity contribution in [3.8, 4) is 0 Å². The third-order valence-electron chi connectivity index (χ3n) is 2.90. The van der Waals surface area contributed by atoms with Gasteiger partial charge in [0.2, 0.25) is 0 Å². The van der Waals surface area contributed by atoms with Gasteiger partial charge < -0.3 is 16.0 Å². The van der Waals surface area contributed by atoms with Crippen LogP contribution in [0.3, 0.4) is 0 Å². The summed E-state index contributed by atoms with van der Waals surface area (Å²) in [5.41, 5.74) is 0.237. The van der Waals surface area contributed by atoms with Crippen LogP contribution in [0.25, 0.3) is 0 Å². The summed E-state index contributed by atoms with van der Waals surface area (Å²) < 4.78 is 0. The van der Waals surface area contributed by atoms with E-state index >= 15 is 0 Å². The van der Waals surface area contributed by atoms with E-state index in [2.05, 4.69) is 25.9 Å². The van der Waals surface area contributed by atoms with E-state index in [0.29, 0.717) is 16.4 Å². The topological polar surface area (TPSA) is 91.8 Å². The molecule has 1 rings (SSSR count). The number of carbonyl (C=O) groups excluding carboxylic acids is 2. The second kappa shape index (κ2) is 7.65. The number of hydrogen-bond donors (Lipinski definition) is 3. The Labute approximate surface area is 134 Å². The van der Waals surface area contributed by atoms with Crippen LogP contribution in [0, 0.1) is 0 Å². The number of amides is 3. The Kier molecular flexibility index (Phi) is 6.18. The molecule has 1 aromatic carbocycles. The van der Waals surface area contributed by atoms with Gasteiger partial charge in [0, 0.05) is 17.8 Å². The standard InChI is InChI=1S/C14H19ClN4O3/c1-9(19-22-13(21)16-4)14(2,3)18-12(20)17-11-7-5-10(15)6-8-11/h5-8H,1-4H3,(H,16,21)(H2,17,18,20)/b19-9-. The molecule has 8 heteroatoms. The molecule has 120 valence electrons. The molecule has 3 N–H and O–H groups in total. The van der Waals surface area contributed by atoms with Crippen molar-refractivity contribution >= 4 is 35.1 Å². The normalized spacial score (nSPS) is 11.6. The Morgan fingerprint density at radius 1 is 1.23 bits per heavy atom. The fraction of sp³-hybridized carbons (Fsp3) is 0.357. The molecule has 0 saturated carbocycles. The first-order valence-corrected chi connectivity index (χ1v) is 6.91. The smallest absolute Gasteiger partial charge is 0.328 e. The third kappa shape index (κ3) is 5.61. The molecule has 3 amide bonds. The molecule has 0 unspecified atom stereocenters. The van der Waals surface area contributed by atoms with E-state index in [1.807, 2.05) is 0 Å². The number of hydrogen-bond acceptors (Lipinski definition) is 4. The summed E-state index contributed by atoms with van der Waals surface area (Å²) in [5, 5.41) is 11.9. The lowest BCUT2D eigenvalue weighted by Gasteiger charge is -2.25. The quantitative estimate of drug-likeness (QED) is 0.451. The number of rotatable bonds is 4. The Hall–Kier alpha value is -2.28. The predicted molar refractivity (Wildman–Crippen MR) is 86.3 cm³/mol. The van der Waals surface area contributed by atoms with Crippen molar-refractivity contribution in [1.29, 1.82) is 0 Å². The Morgan fingerprint density at radius 2 is 1.82 bits per heavy atom. The third-order valence-corrected chi connectivity index (χ3v) is 3.15. The zero-order valence-electron chi connectivity index (χ0n) is 12.9. The summed E-state index contributed by atoms with van der Waals surface area (Å²) >= 11 is 5.78. The molecular formula is C14H19ClN4O3. The van der Waals surface area contributed by atoms with E-state index in [4.69, 9.17) is 11.6 Å². The van der Waals surface area contributed by atoms with Crippen molar-refractivity contribution < 1.29 is 14.4 Å². The number of nitrogens with zero attached hydrogens (tertiary/aromatic N) is 1. The minimum atomic E-state index is -0.801. The first-order valence-electron chi connectivity index (χ1n) is 6.53. The summed E-state index contributed by atoms with van der Waals surface area (Å²) in [7, 11) is 1.43. The molecule has 0 aliphatic heterocycles. The fourth-order valence-corrected chi connectivity index (χ4v) is 1.47. The van der Waals surface area contributed by atoms with Crippen molar-refractivity contribution in [3.05, 3.63) is 29.3 Å². The van der Waals surface area contributed by atoms with E-state index in [1.54, 1.807) is 45.0 Å². The average molecular weight is 327 g/mol. The largest absolute Gasteiger partial charge is 0.433 e. The highest BCUT2D eigenvalue weighted by Crippen LogP contribution is 2.14. The molecule has 22 heavy (non-hydrogen) atoms. The highest BCUT2D eigenvalue weighted by Gasteiger charge is 2.25. The highest BCUT2D eigenvalue weighted by molar-refractivity contribution is 6.30. The number of benzene rings is 1. The van der Waals surface area contributed by atoms with Gasteiger partial charge in [0.1, 0.15) is 0 Å². The number of nitrogens with one attached hydrogen (secondary N) is 3. The van der Waals surface area contributed by atoms with Gasteiger partial charge in [-0.1, -0.05) is 16.8 Å². The predicted octanol–water partition coefficient (Wildman–Crippen LogP) is 2.97. The SMILES string of the molecule is CNC(=O)O/N=C(/C)C(C)(C)NC(=O)Nc1ccc(Cl)cc1. The molecule has 0 heterocycles. The van der Waals surface area contributed by atoms with Crippen LogP contribution in [-0.4, -0.2) is 30.4 Å². The maximum absolute atomic E-state index is 12.0. The molecular weight excluding hydrogens is 308 g/mol. The van der Waals surface area contributed by atoms with Gasteiger partial charge in [0.15, 0.2) is 0 Å². The van der Waals surface area contributed by atoms with Crippen LogP contribution in [-0.2, 0) is 4.84 Å². The lowest BCUT2D eigenvalue weighted by atomic mass is 10.0. The Morgan fingerprint density at radius 3 is 2.36 bits per heavy atom. The molecule has 0 aliphatic rings. The van der Waals surface area contributed by atoms with E-state index in [1.165, 1.54) is 7.05 Å². The molecule has 0 radical (unpaired) electrons. The van der Waals surface area contributed by atoms with Crippen molar-refractivity contribution in [2.75, 3.05) is 12.4 Å². The number of anilines is 1. The van der Waals surface area contributed by atoms with Gasteiger partial charge in [-0.15, -0.1) is 0 Å². The van der Waals surface area contributed by atoms with Crippen LogP contribution in [0.5, 0.6) is 0 Å². The second-order valence-corrected chi connectivity index (χ2v) is 5.45. The molecule has 0 fully saturated rings. The molecule has 0 atom stereocenters. The van der Waals surface area contributed by atoms with Gasteiger partial charge in [-0.2, -0.15) is 0 Å². The Bertz CT molecular complexity index is 570. The molecule has 0 aliphatic carbocycles. The molecule has 0 bridgehead atoms. The van der Waals surface area contributed by atoms with Gasteiger partial charge in [0.05, 0.1) is 11.3 Å². The molecule has 0 saturated heterocycles. The van der Waals surface area contributed by atoms with E-state index in [0.717, 1.165) is 0 Å². The fourth-order valence-electron chi connectivity index (χ4n) is 1.34. The van der Waals surface area contributed by atoms with E-state index in [9.17, 15) is 9.59 Å². The van der Waals surface area contributed by atoms with Gasteiger partial charge >= 0.3 is 12.1 Å². The monoisotopic (exact) mass is 326 g/mol. The number of carbonyl (C=O) groups is 2. The lowest BCUT2D eigenvalue weighted by molar-refractivity contribution is 0.152. The zero-order chi connectivity index (χ0) is 16.8. The van der Waals surface area contributed by atoms with Crippen LogP contribution in [0.15, 0.2) is 29.4 Å². The second-order valence-electron chi connectivity index (χ2n) is 5.02. The molecule has 1 aromatic rings. The first kappa shape index (κ1) is 17.8. The van der Waals surface area contributed by atoms with Crippen LogP contribution >= 0.6 is 11.6 Å². The van der Waals surface area contributed by atoms with Crippen molar-refractivity contribution in [1.82, 2.24) is 10.6 Å². The van der Waals surface area contributed by atoms with Gasteiger partial charge in [-0.05, 0) is 45.0 Å². The molecule has 0 spiro atoms. The minimum absolute atomic E-state index is 0.415. The maximum Gasteiger partial charge on any atom is 0.433 e. The summed E-state index contributed by atoms with van der Waals surface area (Å²) in [4.78, 5) is 27.6. The lowest BCUT2D eigenvalue weighted by Crippen LogP contribution is -2.50. The van der Waals surface area contributed by atoms with E-state index < -0.39 is 17.7 Å². The highest BCUT2D eigenvalue weighted by atomic mass is 35.5. The number of oxime groups is 1. The first-order chi connectivity index (χ1) is 10.2. The van der Waals surface area contributed by atoms with Crippen LogP contribution < -0.4 is 16.0 Å². The minimum Gasteiger partial charge on any atom is -0.328 e. The van der Waals surface area contributed by atoms with Gasteiger partial charge in [-0.3, -0.25) is 4.84 Å². The van der Waals surface area contributed by atoms with Gasteiger partial charge in [0.25, 0.3) is 0 Å². The van der Waals surface area contributed by atoms with Crippen LogP contribution in [0.4, 0.5) is 15.3 Å². The van der Waals surface area contributed by atoms with Crippen molar-refractivity contribution in [3.63, 3.8) is 0 Å². The number of urea groups is 1.